The van der Waals surface area contributed by atoms with E-state index in [2.05, 4.69) is 67.5 Å². The second-order valence-corrected chi connectivity index (χ2v) is 12.6. The Morgan fingerprint density at radius 1 is 0.882 bits per heavy atom. The topological polar surface area (TPSA) is 19.0 Å². The summed E-state index contributed by atoms with van der Waals surface area (Å²) < 4.78 is 5.63. The first-order valence-corrected chi connectivity index (χ1v) is 13.6. The second kappa shape index (κ2) is 11.4. The van der Waals surface area contributed by atoms with E-state index in [-0.39, 0.29) is 12.4 Å². The van der Waals surface area contributed by atoms with E-state index in [0.29, 0.717) is 22.9 Å². The lowest BCUT2D eigenvalue weighted by Gasteiger charge is -2.46. The summed E-state index contributed by atoms with van der Waals surface area (Å²) in [7, 11) is 1.86. The minimum atomic E-state index is 0. The molecule has 0 radical (unpaired) electrons. The fourth-order valence-electron chi connectivity index (χ4n) is 7.30. The van der Waals surface area contributed by atoms with Crippen molar-refractivity contribution in [3.05, 3.63) is 23.8 Å². The standard InChI is InChI=1S/C29H49N3O.ClH/c1-7-12-30-15-17-32(18-16-30)27-9-8-24(31-13-10-25(33-6)11-14-31)19-26(27)23-20-28(2,3)22-29(4,5)21-23;/h8-9,19,23,25H,7,10-18,20-22H2,1-6H3;1H. The molecule has 0 atom stereocenters. The molecule has 0 spiro atoms. The molecule has 0 N–H and O–H groups in total. The monoisotopic (exact) mass is 491 g/mol. The van der Waals surface area contributed by atoms with Crippen LogP contribution in [0.3, 0.4) is 0 Å². The largest absolute Gasteiger partial charge is 0.381 e. The van der Waals surface area contributed by atoms with Crippen molar-refractivity contribution in [2.24, 2.45) is 10.8 Å². The van der Waals surface area contributed by atoms with E-state index in [4.69, 9.17) is 4.74 Å². The van der Waals surface area contributed by atoms with E-state index >= 15 is 0 Å². The molecule has 3 fully saturated rings. The molecular weight excluding hydrogens is 442 g/mol. The molecule has 4 nitrogen and oxygen atoms in total. The Morgan fingerprint density at radius 2 is 1.50 bits per heavy atom. The van der Waals surface area contributed by atoms with Crippen molar-refractivity contribution in [2.75, 3.05) is 62.7 Å². The molecule has 0 bridgehead atoms. The lowest BCUT2D eigenvalue weighted by molar-refractivity contribution is 0.0819. The van der Waals surface area contributed by atoms with Crippen molar-refractivity contribution in [2.45, 2.75) is 85.2 Å². The van der Waals surface area contributed by atoms with Crippen LogP contribution in [0.4, 0.5) is 11.4 Å². The zero-order chi connectivity index (χ0) is 23.6. The number of halogens is 1. The summed E-state index contributed by atoms with van der Waals surface area (Å²) in [5.41, 5.74) is 5.35. The molecule has 1 aliphatic carbocycles. The summed E-state index contributed by atoms with van der Waals surface area (Å²) in [6.07, 6.45) is 7.88. The molecule has 34 heavy (non-hydrogen) atoms. The summed E-state index contributed by atoms with van der Waals surface area (Å²) in [4.78, 5) is 7.93. The fourth-order valence-corrected chi connectivity index (χ4v) is 7.30. The molecule has 1 aromatic rings. The molecule has 0 aromatic heterocycles. The van der Waals surface area contributed by atoms with Gasteiger partial charge in [0.25, 0.3) is 0 Å². The number of hydrogen-bond donors (Lipinski definition) is 0. The molecule has 0 unspecified atom stereocenters. The number of methoxy groups -OCH3 is 1. The molecule has 2 saturated heterocycles. The SMILES string of the molecule is CCCN1CCN(c2ccc(N3CCC(OC)CC3)cc2C2CC(C)(C)CC(C)(C)C2)CC1.Cl. The van der Waals surface area contributed by atoms with Gasteiger partial charge in [0.1, 0.15) is 0 Å². The lowest BCUT2D eigenvalue weighted by Crippen LogP contribution is -2.47. The smallest absolute Gasteiger partial charge is 0.0605 e. The van der Waals surface area contributed by atoms with Gasteiger partial charge in [-0.25, -0.2) is 0 Å². The van der Waals surface area contributed by atoms with E-state index in [1.54, 1.807) is 5.56 Å². The highest BCUT2D eigenvalue weighted by Crippen LogP contribution is 2.53. The molecule has 2 aliphatic heterocycles. The van der Waals surface area contributed by atoms with Crippen LogP contribution in [-0.2, 0) is 4.74 Å². The second-order valence-electron chi connectivity index (χ2n) is 12.6. The van der Waals surface area contributed by atoms with Gasteiger partial charge in [-0.3, -0.25) is 4.90 Å². The quantitative estimate of drug-likeness (QED) is 0.447. The van der Waals surface area contributed by atoms with E-state index in [1.165, 1.54) is 56.7 Å². The first-order valence-electron chi connectivity index (χ1n) is 13.6. The zero-order valence-electron chi connectivity index (χ0n) is 22.7. The van der Waals surface area contributed by atoms with Gasteiger partial charge in [0.2, 0.25) is 0 Å². The van der Waals surface area contributed by atoms with Gasteiger partial charge in [-0.15, -0.1) is 12.4 Å². The predicted molar refractivity (Wildman–Crippen MR) is 149 cm³/mol. The summed E-state index contributed by atoms with van der Waals surface area (Å²) in [6, 6.07) is 7.46. The number of piperidine rings is 1. The first kappa shape index (κ1) is 27.6. The zero-order valence-corrected chi connectivity index (χ0v) is 23.6. The summed E-state index contributed by atoms with van der Waals surface area (Å²) in [6.45, 7) is 20.4. The molecule has 3 aliphatic rings. The normalized spacial score (nSPS) is 24.2. The maximum absolute atomic E-state index is 5.63. The molecule has 4 rings (SSSR count). The van der Waals surface area contributed by atoms with Gasteiger partial charge in [0.05, 0.1) is 6.10 Å². The number of hydrogen-bond acceptors (Lipinski definition) is 4. The fraction of sp³-hybridized carbons (Fsp3) is 0.793. The number of piperazine rings is 1. The number of benzene rings is 1. The summed E-state index contributed by atoms with van der Waals surface area (Å²) >= 11 is 0. The van der Waals surface area contributed by atoms with Crippen LogP contribution >= 0.6 is 12.4 Å². The van der Waals surface area contributed by atoms with Gasteiger partial charge in [-0.05, 0) is 85.6 Å². The Bertz CT molecular complexity index is 764. The van der Waals surface area contributed by atoms with Crippen molar-refractivity contribution >= 4 is 23.8 Å². The van der Waals surface area contributed by atoms with Crippen molar-refractivity contribution in [1.82, 2.24) is 4.90 Å². The van der Waals surface area contributed by atoms with Gasteiger partial charge in [-0.2, -0.15) is 0 Å². The predicted octanol–water partition coefficient (Wildman–Crippen LogP) is 6.58. The van der Waals surface area contributed by atoms with Crippen LogP contribution in [0.25, 0.3) is 0 Å². The average molecular weight is 492 g/mol. The van der Waals surface area contributed by atoms with Crippen LogP contribution in [-0.4, -0.2) is 63.9 Å². The Hall–Kier alpha value is -0.970. The highest BCUT2D eigenvalue weighted by Gasteiger charge is 2.40. The summed E-state index contributed by atoms with van der Waals surface area (Å²) in [5, 5.41) is 0. The van der Waals surface area contributed by atoms with Crippen LogP contribution in [0.1, 0.15) is 84.6 Å². The van der Waals surface area contributed by atoms with Crippen molar-refractivity contribution in [3.8, 4) is 0 Å². The molecule has 1 saturated carbocycles. The van der Waals surface area contributed by atoms with Gasteiger partial charge in [0, 0.05) is 57.8 Å². The molecule has 5 heteroatoms. The highest BCUT2D eigenvalue weighted by molar-refractivity contribution is 5.85. The van der Waals surface area contributed by atoms with Crippen LogP contribution in [0, 0.1) is 10.8 Å². The average Bonchev–Trinajstić information content (AvgIpc) is 2.77. The third-order valence-electron chi connectivity index (χ3n) is 8.40. The number of ether oxygens (including phenoxy) is 1. The third kappa shape index (κ3) is 6.62. The number of rotatable bonds is 6. The van der Waals surface area contributed by atoms with Gasteiger partial charge in [0.15, 0.2) is 0 Å². The molecular formula is C29H50ClN3O. The summed E-state index contributed by atoms with van der Waals surface area (Å²) in [5.74, 6) is 0.642. The minimum absolute atomic E-state index is 0. The van der Waals surface area contributed by atoms with Crippen LogP contribution in [0.5, 0.6) is 0 Å². The third-order valence-corrected chi connectivity index (χ3v) is 8.40. The Balaban J connectivity index is 0.00000324. The van der Waals surface area contributed by atoms with E-state index in [9.17, 15) is 0 Å². The maximum Gasteiger partial charge on any atom is 0.0605 e. The Morgan fingerprint density at radius 3 is 2.06 bits per heavy atom. The van der Waals surface area contributed by atoms with Crippen molar-refractivity contribution in [3.63, 3.8) is 0 Å². The minimum Gasteiger partial charge on any atom is -0.381 e. The lowest BCUT2D eigenvalue weighted by atomic mass is 9.60. The van der Waals surface area contributed by atoms with Gasteiger partial charge in [-0.1, -0.05) is 34.6 Å². The van der Waals surface area contributed by atoms with Gasteiger partial charge >= 0.3 is 0 Å². The van der Waals surface area contributed by atoms with Crippen LogP contribution in [0.2, 0.25) is 0 Å². The maximum atomic E-state index is 5.63. The van der Waals surface area contributed by atoms with Crippen LogP contribution in [0.15, 0.2) is 18.2 Å². The van der Waals surface area contributed by atoms with E-state index < -0.39 is 0 Å². The van der Waals surface area contributed by atoms with Crippen molar-refractivity contribution in [1.29, 1.82) is 0 Å². The first-order chi connectivity index (χ1) is 15.7. The van der Waals surface area contributed by atoms with E-state index in [1.807, 2.05) is 7.11 Å². The molecule has 2 heterocycles. The van der Waals surface area contributed by atoms with Gasteiger partial charge < -0.3 is 14.5 Å². The molecule has 1 aromatic carbocycles. The van der Waals surface area contributed by atoms with E-state index in [0.717, 1.165) is 39.0 Å². The Labute approximate surface area is 215 Å². The van der Waals surface area contributed by atoms with Crippen LogP contribution < -0.4 is 9.80 Å². The number of nitrogens with zero attached hydrogens (tertiary/aromatic N) is 3. The molecule has 0 amide bonds. The Kier molecular flexibility index (Phi) is 9.25. The number of anilines is 2. The highest BCUT2D eigenvalue weighted by atomic mass is 35.5. The van der Waals surface area contributed by atoms with Crippen molar-refractivity contribution < 1.29 is 4.74 Å². The molecule has 194 valence electrons.